The summed E-state index contributed by atoms with van der Waals surface area (Å²) < 4.78 is 0. The van der Waals surface area contributed by atoms with E-state index < -0.39 is 0 Å². The number of para-hydroxylation sites is 1. The molecule has 1 fully saturated rings. The molecule has 1 saturated heterocycles. The van der Waals surface area contributed by atoms with Gasteiger partial charge in [0.05, 0.1) is 21.4 Å². The number of amides is 2. The molecule has 2 heterocycles. The molecule has 1 atom stereocenters. The summed E-state index contributed by atoms with van der Waals surface area (Å²) in [7, 11) is 0. The number of halogens is 3. The van der Waals surface area contributed by atoms with Gasteiger partial charge in [-0.1, -0.05) is 65.1 Å². The molecule has 0 bridgehead atoms. The fourth-order valence-corrected chi connectivity index (χ4v) is 5.83. The number of carbonyl (C=O) groups is 1. The number of nitrogens with one attached hydrogen (secondary N) is 1. The lowest BCUT2D eigenvalue weighted by molar-refractivity contribution is 0.247. The van der Waals surface area contributed by atoms with E-state index in [2.05, 4.69) is 36.2 Å². The smallest absolute Gasteiger partial charge is 0.326 e. The van der Waals surface area contributed by atoms with Gasteiger partial charge in [0.2, 0.25) is 0 Å². The maximum absolute atomic E-state index is 13.2. The van der Waals surface area contributed by atoms with Crippen LogP contribution >= 0.6 is 34.8 Å². The third-order valence-corrected chi connectivity index (χ3v) is 7.80. The van der Waals surface area contributed by atoms with E-state index in [9.17, 15) is 4.79 Å². The first-order valence-electron chi connectivity index (χ1n) is 11.5. The van der Waals surface area contributed by atoms with Crippen LogP contribution in [-0.2, 0) is 6.54 Å². The molecule has 1 unspecified atom stereocenters. The molecule has 2 aliphatic heterocycles. The van der Waals surface area contributed by atoms with Crippen LogP contribution in [0, 0.1) is 0 Å². The minimum atomic E-state index is -0.250. The molecule has 3 aromatic rings. The number of hydrogen-bond acceptors (Lipinski definition) is 2. The van der Waals surface area contributed by atoms with Gasteiger partial charge in [0.1, 0.15) is 0 Å². The Labute approximate surface area is 215 Å². The summed E-state index contributed by atoms with van der Waals surface area (Å²) in [6, 6.07) is 17.8. The Bertz CT molecular complexity index is 1240. The Kier molecular flexibility index (Phi) is 6.51. The lowest BCUT2D eigenvalue weighted by Gasteiger charge is -2.34. The number of carbonyl (C=O) groups excluding carboxylic acids is 1. The van der Waals surface area contributed by atoms with E-state index in [1.54, 1.807) is 23.1 Å². The number of benzene rings is 3. The summed E-state index contributed by atoms with van der Waals surface area (Å²) in [4.78, 5) is 17.3. The minimum absolute atomic E-state index is 0.250. The van der Waals surface area contributed by atoms with Crippen LogP contribution in [0.15, 0.2) is 54.6 Å². The molecule has 0 spiro atoms. The van der Waals surface area contributed by atoms with Gasteiger partial charge in [0.25, 0.3) is 0 Å². The minimum Gasteiger partial charge on any atom is -0.333 e. The molecule has 0 radical (unpaired) electrons. The van der Waals surface area contributed by atoms with Crippen LogP contribution < -0.4 is 10.2 Å². The van der Waals surface area contributed by atoms with Crippen molar-refractivity contribution in [3.63, 3.8) is 0 Å². The Morgan fingerprint density at radius 2 is 1.65 bits per heavy atom. The lowest BCUT2D eigenvalue weighted by Crippen LogP contribution is -2.41. The highest BCUT2D eigenvalue weighted by molar-refractivity contribution is 6.40. The van der Waals surface area contributed by atoms with Gasteiger partial charge in [0.15, 0.2) is 0 Å². The standard InChI is InChI=1S/C27H26Cl3N3O/c1-16(2)32-11-10-17(15-32)18-12-20(19-6-3-4-7-22(19)28)21-14-31-27(34)33(25(21)13-18)26-23(29)8-5-9-24(26)30/h3-9,12-13,16-17H,10-11,14-15H2,1-2H3,(H,31,34). The number of likely N-dealkylation sites (tertiary alicyclic amines) is 1. The van der Waals surface area contributed by atoms with Crippen LogP contribution in [0.2, 0.25) is 15.1 Å². The number of fused-ring (bicyclic) bond motifs is 1. The van der Waals surface area contributed by atoms with Gasteiger partial charge < -0.3 is 10.2 Å². The largest absolute Gasteiger partial charge is 0.333 e. The van der Waals surface area contributed by atoms with Crippen LogP contribution in [0.1, 0.15) is 37.3 Å². The second-order valence-corrected chi connectivity index (χ2v) is 10.4. The molecule has 2 amide bonds. The van der Waals surface area contributed by atoms with Crippen LogP contribution in [-0.4, -0.2) is 30.1 Å². The maximum atomic E-state index is 13.2. The third-order valence-electron chi connectivity index (χ3n) is 6.86. The Morgan fingerprint density at radius 1 is 0.941 bits per heavy atom. The van der Waals surface area contributed by atoms with Crippen molar-refractivity contribution in [3.05, 3.63) is 80.8 Å². The molecule has 0 aromatic heterocycles. The predicted molar refractivity (Wildman–Crippen MR) is 142 cm³/mol. The zero-order chi connectivity index (χ0) is 24.0. The molecule has 0 saturated carbocycles. The molecule has 1 N–H and O–H groups in total. The van der Waals surface area contributed by atoms with E-state index in [1.165, 1.54) is 5.56 Å². The fraction of sp³-hybridized carbons (Fsp3) is 0.296. The van der Waals surface area contributed by atoms with Crippen molar-refractivity contribution >= 4 is 52.2 Å². The summed E-state index contributed by atoms with van der Waals surface area (Å²) in [5, 5.41) is 4.52. The van der Waals surface area contributed by atoms with E-state index in [0.29, 0.717) is 39.3 Å². The van der Waals surface area contributed by atoms with Gasteiger partial charge >= 0.3 is 6.03 Å². The summed E-state index contributed by atoms with van der Waals surface area (Å²) in [5.41, 5.74) is 5.44. The first kappa shape index (κ1) is 23.5. The number of nitrogens with zero attached hydrogens (tertiary/aromatic N) is 2. The van der Waals surface area contributed by atoms with E-state index >= 15 is 0 Å². The van der Waals surface area contributed by atoms with Crippen molar-refractivity contribution in [2.45, 2.75) is 38.8 Å². The topological polar surface area (TPSA) is 35.6 Å². The van der Waals surface area contributed by atoms with Crippen molar-refractivity contribution in [1.29, 1.82) is 0 Å². The predicted octanol–water partition coefficient (Wildman–Crippen LogP) is 7.87. The first-order valence-corrected chi connectivity index (χ1v) is 12.7. The van der Waals surface area contributed by atoms with Crippen molar-refractivity contribution in [1.82, 2.24) is 10.2 Å². The van der Waals surface area contributed by atoms with Crippen LogP contribution in [0.4, 0.5) is 16.2 Å². The fourth-order valence-electron chi connectivity index (χ4n) is 5.02. The second-order valence-electron chi connectivity index (χ2n) is 9.18. The maximum Gasteiger partial charge on any atom is 0.326 e. The van der Waals surface area contributed by atoms with Crippen molar-refractivity contribution < 1.29 is 4.79 Å². The Hall–Kier alpha value is -2.24. The third kappa shape index (κ3) is 4.18. The second kappa shape index (κ2) is 9.43. The molecule has 7 heteroatoms. The highest BCUT2D eigenvalue weighted by Crippen LogP contribution is 2.46. The van der Waals surface area contributed by atoms with Gasteiger partial charge in [-0.05, 0) is 68.1 Å². The molecule has 34 heavy (non-hydrogen) atoms. The van der Waals surface area contributed by atoms with E-state index in [1.807, 2.05) is 24.3 Å². The van der Waals surface area contributed by atoms with Crippen molar-refractivity contribution in [2.75, 3.05) is 18.0 Å². The molecule has 3 aromatic carbocycles. The van der Waals surface area contributed by atoms with Gasteiger partial charge in [-0.15, -0.1) is 0 Å². The van der Waals surface area contributed by atoms with Gasteiger partial charge in [-0.3, -0.25) is 4.90 Å². The van der Waals surface area contributed by atoms with Gasteiger partial charge in [0, 0.05) is 35.3 Å². The number of hydrogen-bond donors (Lipinski definition) is 1. The average Bonchev–Trinajstić information content (AvgIpc) is 3.31. The highest BCUT2D eigenvalue weighted by atomic mass is 35.5. The summed E-state index contributed by atoms with van der Waals surface area (Å²) in [6.45, 7) is 6.90. The van der Waals surface area contributed by atoms with Crippen molar-refractivity contribution in [3.8, 4) is 11.1 Å². The number of rotatable bonds is 4. The van der Waals surface area contributed by atoms with E-state index in [0.717, 1.165) is 41.9 Å². The number of anilines is 2. The monoisotopic (exact) mass is 513 g/mol. The zero-order valence-electron chi connectivity index (χ0n) is 19.1. The van der Waals surface area contributed by atoms with Gasteiger partial charge in [-0.25, -0.2) is 4.79 Å². The zero-order valence-corrected chi connectivity index (χ0v) is 21.4. The van der Waals surface area contributed by atoms with E-state index in [4.69, 9.17) is 34.8 Å². The lowest BCUT2D eigenvalue weighted by atomic mass is 9.88. The van der Waals surface area contributed by atoms with Crippen LogP contribution in [0.25, 0.3) is 11.1 Å². The quantitative estimate of drug-likeness (QED) is 0.384. The molecule has 0 aliphatic carbocycles. The van der Waals surface area contributed by atoms with Crippen LogP contribution in [0.5, 0.6) is 0 Å². The number of urea groups is 1. The summed E-state index contributed by atoms with van der Waals surface area (Å²) in [5.74, 6) is 0.363. The molecule has 4 nitrogen and oxygen atoms in total. The SMILES string of the molecule is CC(C)N1CCC(c2cc(-c3ccccc3Cl)c3c(c2)N(c2c(Cl)cccc2Cl)C(=O)NC3)C1. The van der Waals surface area contributed by atoms with Crippen molar-refractivity contribution in [2.24, 2.45) is 0 Å². The Balaban J connectivity index is 1.73. The summed E-state index contributed by atoms with van der Waals surface area (Å²) >= 11 is 19.8. The normalized spacial score (nSPS) is 18.4. The molecule has 176 valence electrons. The van der Waals surface area contributed by atoms with Crippen LogP contribution in [0.3, 0.4) is 0 Å². The highest BCUT2D eigenvalue weighted by Gasteiger charge is 2.33. The molecule has 2 aliphatic rings. The van der Waals surface area contributed by atoms with Gasteiger partial charge in [-0.2, -0.15) is 0 Å². The molecule has 5 rings (SSSR count). The van der Waals surface area contributed by atoms with E-state index in [-0.39, 0.29) is 6.03 Å². The molecular formula is C27H26Cl3N3O. The molecular weight excluding hydrogens is 489 g/mol. The Morgan fingerprint density at radius 3 is 2.32 bits per heavy atom. The average molecular weight is 515 g/mol. The summed E-state index contributed by atoms with van der Waals surface area (Å²) in [6.07, 6.45) is 1.07. The first-order chi connectivity index (χ1) is 16.3.